The second-order valence-electron chi connectivity index (χ2n) is 2.92. The van der Waals surface area contributed by atoms with Crippen LogP contribution in [0.25, 0.3) is 0 Å². The van der Waals surface area contributed by atoms with Gasteiger partial charge in [-0.15, -0.1) is 0 Å². The molecule has 1 aromatic rings. The third-order valence-electron chi connectivity index (χ3n) is 1.78. The van der Waals surface area contributed by atoms with Crippen LogP contribution in [0.5, 0.6) is 0 Å². The summed E-state index contributed by atoms with van der Waals surface area (Å²) in [6.07, 6.45) is 2.42. The molecule has 0 saturated carbocycles. The lowest BCUT2D eigenvalue weighted by Crippen LogP contribution is -2.04. The molecule has 3 heteroatoms. The normalized spacial score (nSPS) is 11.1. The Morgan fingerprint density at radius 3 is 2.64 bits per heavy atom. The Morgan fingerprint density at radius 2 is 2.07 bits per heavy atom. The maximum Gasteiger partial charge on any atom is 0.0543 e. The van der Waals surface area contributed by atoms with Gasteiger partial charge < -0.3 is 10.7 Å². The molecule has 1 rings (SSSR count). The maximum atomic E-state index is 7.78. The van der Waals surface area contributed by atoms with Crippen LogP contribution in [0.4, 0.5) is 0 Å². The van der Waals surface area contributed by atoms with Crippen molar-refractivity contribution >= 4 is 21.6 Å². The first-order valence-electron chi connectivity index (χ1n) is 4.38. The summed E-state index contributed by atoms with van der Waals surface area (Å²) in [6.45, 7) is 0. The number of hydrogen-bond acceptors (Lipinski definition) is 2. The Bertz CT molecular complexity index is 330. The fraction of sp³-hybridized carbons (Fsp3) is 0.182. The molecule has 0 fully saturated rings. The van der Waals surface area contributed by atoms with Crippen LogP contribution in [0.2, 0.25) is 0 Å². The zero-order valence-electron chi connectivity index (χ0n) is 8.05. The first-order chi connectivity index (χ1) is 6.74. The molecular formula is C11H13BrN2. The molecule has 0 amide bonds. The predicted octanol–water partition coefficient (Wildman–Crippen LogP) is 2.70. The van der Waals surface area contributed by atoms with E-state index in [-0.39, 0.29) is 0 Å². The smallest absolute Gasteiger partial charge is 0.0543 e. The molecule has 14 heavy (non-hydrogen) atoms. The van der Waals surface area contributed by atoms with E-state index in [2.05, 4.69) is 21.2 Å². The number of rotatable bonds is 4. The molecule has 0 atom stereocenters. The van der Waals surface area contributed by atoms with Crippen LogP contribution in [0.1, 0.15) is 5.56 Å². The van der Waals surface area contributed by atoms with E-state index in [9.17, 15) is 0 Å². The molecule has 1 aromatic carbocycles. The van der Waals surface area contributed by atoms with Gasteiger partial charge in [0.05, 0.1) is 10.2 Å². The first-order valence-corrected chi connectivity index (χ1v) is 5.18. The van der Waals surface area contributed by atoms with Crippen LogP contribution >= 0.6 is 15.9 Å². The van der Waals surface area contributed by atoms with Crippen LogP contribution in [-0.4, -0.2) is 12.8 Å². The summed E-state index contributed by atoms with van der Waals surface area (Å²) in [5.41, 5.74) is 1.73. The van der Waals surface area contributed by atoms with Crippen molar-refractivity contribution in [1.82, 2.24) is 5.32 Å². The van der Waals surface area contributed by atoms with E-state index in [0.29, 0.717) is 12.1 Å². The largest absolute Gasteiger partial charge is 0.393 e. The predicted molar refractivity (Wildman–Crippen MR) is 63.9 cm³/mol. The minimum Gasteiger partial charge on any atom is -0.393 e. The third kappa shape index (κ3) is 3.34. The molecule has 0 bridgehead atoms. The summed E-state index contributed by atoms with van der Waals surface area (Å²) in [5.74, 6) is 0. The minimum absolute atomic E-state index is 0.575. The van der Waals surface area contributed by atoms with Crippen molar-refractivity contribution in [2.75, 3.05) is 7.05 Å². The molecule has 0 aromatic heterocycles. The summed E-state index contributed by atoms with van der Waals surface area (Å²) < 4.78 is 0.795. The Kier molecular flexibility index (Phi) is 4.40. The van der Waals surface area contributed by atoms with Crippen LogP contribution in [-0.2, 0) is 6.42 Å². The molecule has 2 nitrogen and oxygen atoms in total. The molecule has 0 heterocycles. The average Bonchev–Trinajstić information content (AvgIpc) is 2.19. The molecule has 0 aliphatic carbocycles. The van der Waals surface area contributed by atoms with E-state index in [1.807, 2.05) is 37.4 Å². The van der Waals surface area contributed by atoms with Gasteiger partial charge in [0.15, 0.2) is 0 Å². The lowest BCUT2D eigenvalue weighted by molar-refractivity contribution is 1.10. The lowest BCUT2D eigenvalue weighted by atomic mass is 10.1. The van der Waals surface area contributed by atoms with E-state index in [4.69, 9.17) is 5.41 Å². The second kappa shape index (κ2) is 5.60. The number of benzene rings is 1. The van der Waals surface area contributed by atoms with Gasteiger partial charge in [-0.05, 0) is 21.5 Å². The Morgan fingerprint density at radius 1 is 1.43 bits per heavy atom. The van der Waals surface area contributed by atoms with E-state index < -0.39 is 0 Å². The van der Waals surface area contributed by atoms with Gasteiger partial charge >= 0.3 is 0 Å². The minimum atomic E-state index is 0.575. The highest BCUT2D eigenvalue weighted by Gasteiger charge is 2.02. The first kappa shape index (κ1) is 11.0. The Labute approximate surface area is 92.7 Å². The number of nitrogens with one attached hydrogen (secondary N) is 2. The Hall–Kier alpha value is -1.09. The van der Waals surface area contributed by atoms with Gasteiger partial charge in [0.1, 0.15) is 0 Å². The Balaban J connectivity index is 2.62. The van der Waals surface area contributed by atoms with Crippen molar-refractivity contribution in [3.63, 3.8) is 0 Å². The van der Waals surface area contributed by atoms with Gasteiger partial charge in [-0.25, -0.2) is 0 Å². The van der Waals surface area contributed by atoms with Gasteiger partial charge in [-0.3, -0.25) is 0 Å². The highest BCUT2D eigenvalue weighted by atomic mass is 79.9. The molecule has 0 aliphatic rings. The van der Waals surface area contributed by atoms with Crippen molar-refractivity contribution in [2.24, 2.45) is 0 Å². The van der Waals surface area contributed by atoms with Crippen LogP contribution in [0.15, 0.2) is 41.0 Å². The average molecular weight is 253 g/mol. The fourth-order valence-corrected chi connectivity index (χ4v) is 1.47. The van der Waals surface area contributed by atoms with Crippen molar-refractivity contribution < 1.29 is 0 Å². The number of hydrogen-bond donors (Lipinski definition) is 2. The van der Waals surface area contributed by atoms with Crippen molar-refractivity contribution in [3.8, 4) is 0 Å². The van der Waals surface area contributed by atoms with Crippen molar-refractivity contribution in [1.29, 1.82) is 5.41 Å². The quantitative estimate of drug-likeness (QED) is 0.795. The molecule has 0 spiro atoms. The van der Waals surface area contributed by atoms with Gasteiger partial charge in [0.2, 0.25) is 0 Å². The van der Waals surface area contributed by atoms with E-state index in [0.717, 1.165) is 10.0 Å². The van der Waals surface area contributed by atoms with Gasteiger partial charge in [0.25, 0.3) is 0 Å². The van der Waals surface area contributed by atoms with E-state index in [1.54, 1.807) is 6.20 Å². The van der Waals surface area contributed by atoms with Crippen LogP contribution in [0.3, 0.4) is 0 Å². The lowest BCUT2D eigenvalue weighted by Gasteiger charge is -2.02. The van der Waals surface area contributed by atoms with Gasteiger partial charge in [-0.1, -0.05) is 30.3 Å². The summed E-state index contributed by atoms with van der Waals surface area (Å²) in [6, 6.07) is 9.99. The van der Waals surface area contributed by atoms with Crippen LogP contribution < -0.4 is 5.32 Å². The standard InChI is InChI=1S/C11H13BrN2/c1-14-8-10(12)11(13)7-9-5-3-2-4-6-9/h2-6,8,13-14H,7H2,1H3/b10-8+,13-11?. The molecule has 74 valence electrons. The van der Waals surface area contributed by atoms with Crippen molar-refractivity contribution in [3.05, 3.63) is 46.6 Å². The van der Waals surface area contributed by atoms with E-state index in [1.165, 1.54) is 0 Å². The molecule has 2 N–H and O–H groups in total. The summed E-state index contributed by atoms with van der Waals surface area (Å²) in [5, 5.41) is 10.7. The molecule has 0 aliphatic heterocycles. The third-order valence-corrected chi connectivity index (χ3v) is 2.49. The highest BCUT2D eigenvalue weighted by Crippen LogP contribution is 2.10. The summed E-state index contributed by atoms with van der Waals surface area (Å²) in [7, 11) is 1.82. The van der Waals surface area contributed by atoms with Crippen LogP contribution in [0, 0.1) is 5.41 Å². The number of allylic oxidation sites excluding steroid dienone is 1. The molecule has 0 radical (unpaired) electrons. The van der Waals surface area contributed by atoms with Gasteiger partial charge in [-0.2, -0.15) is 0 Å². The summed E-state index contributed by atoms with van der Waals surface area (Å²) in [4.78, 5) is 0. The monoisotopic (exact) mass is 252 g/mol. The zero-order chi connectivity index (χ0) is 10.4. The fourth-order valence-electron chi connectivity index (χ4n) is 1.10. The molecule has 0 saturated heterocycles. The topological polar surface area (TPSA) is 35.9 Å². The van der Waals surface area contributed by atoms with E-state index >= 15 is 0 Å². The maximum absolute atomic E-state index is 7.78. The molecular weight excluding hydrogens is 240 g/mol. The van der Waals surface area contributed by atoms with Crippen molar-refractivity contribution in [2.45, 2.75) is 6.42 Å². The highest BCUT2D eigenvalue weighted by molar-refractivity contribution is 9.12. The zero-order valence-corrected chi connectivity index (χ0v) is 9.64. The summed E-state index contributed by atoms with van der Waals surface area (Å²) >= 11 is 3.33. The second-order valence-corrected chi connectivity index (χ2v) is 3.78. The number of halogens is 1. The van der Waals surface area contributed by atoms with Gasteiger partial charge in [0, 0.05) is 19.7 Å². The molecule has 0 unspecified atom stereocenters. The SMILES string of the molecule is CN/C=C(/Br)C(=N)Cc1ccccc1.